The molecular formula is C6H7ClN2. The normalized spacial score (nSPS) is 9.56. The Kier molecular flexibility index (Phi) is 1.58. The van der Waals surface area contributed by atoms with Crippen LogP contribution in [0.2, 0.25) is 5.15 Å². The monoisotopic (exact) mass is 142 g/mol. The molecule has 0 amide bonds. The summed E-state index contributed by atoms with van der Waals surface area (Å²) >= 11 is 5.55. The lowest BCUT2D eigenvalue weighted by atomic mass is 10.3. The Morgan fingerprint density at radius 1 is 1.56 bits per heavy atom. The summed E-state index contributed by atoms with van der Waals surface area (Å²) in [6.07, 6.45) is 0. The van der Waals surface area contributed by atoms with Crippen molar-refractivity contribution in [3.63, 3.8) is 0 Å². The average Bonchev–Trinajstić information content (AvgIpc) is 1.80. The standard InChI is InChI=1S/C6H7ClN2/c1-4-5(8)2-3-6(7)9-4/h2-3H,8H2,1H3. The molecule has 0 saturated heterocycles. The molecule has 9 heavy (non-hydrogen) atoms. The Bertz CT molecular complexity index is 222. The Morgan fingerprint density at radius 2 is 2.22 bits per heavy atom. The smallest absolute Gasteiger partial charge is 0.129 e. The molecule has 1 aromatic rings. The maximum atomic E-state index is 5.55. The molecule has 2 nitrogen and oxygen atoms in total. The van der Waals surface area contributed by atoms with E-state index in [9.17, 15) is 0 Å². The zero-order valence-electron chi connectivity index (χ0n) is 5.06. The molecule has 0 saturated carbocycles. The van der Waals surface area contributed by atoms with Crippen molar-refractivity contribution in [3.05, 3.63) is 23.0 Å². The Labute approximate surface area is 58.7 Å². The summed E-state index contributed by atoms with van der Waals surface area (Å²) in [5, 5.41) is 0.488. The predicted molar refractivity (Wildman–Crippen MR) is 38.4 cm³/mol. The van der Waals surface area contributed by atoms with Gasteiger partial charge in [0.2, 0.25) is 0 Å². The first-order valence-corrected chi connectivity index (χ1v) is 2.96. The van der Waals surface area contributed by atoms with Gasteiger partial charge in [-0.15, -0.1) is 0 Å². The molecule has 3 heteroatoms. The summed E-state index contributed by atoms with van der Waals surface area (Å²) in [4.78, 5) is 3.91. The molecule has 0 atom stereocenters. The molecule has 0 aliphatic carbocycles. The minimum atomic E-state index is 0.488. The number of hydrogen-bond donors (Lipinski definition) is 1. The third-order valence-electron chi connectivity index (χ3n) is 1.09. The molecule has 0 unspecified atom stereocenters. The maximum Gasteiger partial charge on any atom is 0.129 e. The van der Waals surface area contributed by atoms with Gasteiger partial charge in [0.1, 0.15) is 5.15 Å². The van der Waals surface area contributed by atoms with Gasteiger partial charge in [0.05, 0.1) is 11.4 Å². The van der Waals surface area contributed by atoms with E-state index in [4.69, 9.17) is 17.3 Å². The number of rotatable bonds is 0. The van der Waals surface area contributed by atoms with Crippen LogP contribution in [0.5, 0.6) is 0 Å². The average molecular weight is 143 g/mol. The lowest BCUT2D eigenvalue weighted by Gasteiger charge is -1.96. The second-order valence-electron chi connectivity index (χ2n) is 1.81. The van der Waals surface area contributed by atoms with Crippen LogP contribution in [-0.2, 0) is 0 Å². The van der Waals surface area contributed by atoms with E-state index >= 15 is 0 Å². The van der Waals surface area contributed by atoms with Crippen molar-refractivity contribution in [2.24, 2.45) is 0 Å². The van der Waals surface area contributed by atoms with Crippen LogP contribution in [0.1, 0.15) is 5.69 Å². The van der Waals surface area contributed by atoms with Gasteiger partial charge in [-0.1, -0.05) is 11.6 Å². The van der Waals surface area contributed by atoms with Crippen LogP contribution < -0.4 is 5.73 Å². The van der Waals surface area contributed by atoms with Crippen LogP contribution in [0, 0.1) is 6.92 Å². The third-order valence-corrected chi connectivity index (χ3v) is 1.30. The Morgan fingerprint density at radius 3 is 2.67 bits per heavy atom. The minimum absolute atomic E-state index is 0.488. The highest BCUT2D eigenvalue weighted by atomic mass is 35.5. The first-order chi connectivity index (χ1) is 4.20. The van der Waals surface area contributed by atoms with E-state index in [1.54, 1.807) is 12.1 Å². The highest BCUT2D eigenvalue weighted by molar-refractivity contribution is 6.29. The van der Waals surface area contributed by atoms with E-state index in [2.05, 4.69) is 4.98 Å². The molecule has 1 heterocycles. The van der Waals surface area contributed by atoms with Crippen LogP contribution in [0.3, 0.4) is 0 Å². The van der Waals surface area contributed by atoms with Crippen LogP contribution in [0.25, 0.3) is 0 Å². The van der Waals surface area contributed by atoms with Gasteiger partial charge in [0.15, 0.2) is 0 Å². The van der Waals surface area contributed by atoms with Crippen molar-refractivity contribution in [1.29, 1.82) is 0 Å². The quantitative estimate of drug-likeness (QED) is 0.560. The zero-order chi connectivity index (χ0) is 6.85. The molecule has 1 rings (SSSR count). The van der Waals surface area contributed by atoms with Crippen LogP contribution in [0.4, 0.5) is 5.69 Å². The van der Waals surface area contributed by atoms with Crippen molar-refractivity contribution in [1.82, 2.24) is 4.98 Å². The number of aromatic nitrogens is 1. The summed E-state index contributed by atoms with van der Waals surface area (Å²) in [7, 11) is 0. The number of nitrogens with two attached hydrogens (primary N) is 1. The lowest BCUT2D eigenvalue weighted by molar-refractivity contribution is 1.21. The first-order valence-electron chi connectivity index (χ1n) is 2.59. The predicted octanol–water partition coefficient (Wildman–Crippen LogP) is 1.63. The topological polar surface area (TPSA) is 38.9 Å². The molecule has 0 aromatic carbocycles. The Balaban J connectivity index is 3.17. The van der Waals surface area contributed by atoms with Crippen molar-refractivity contribution in [2.45, 2.75) is 6.92 Å². The minimum Gasteiger partial charge on any atom is -0.397 e. The van der Waals surface area contributed by atoms with Crippen LogP contribution >= 0.6 is 11.6 Å². The van der Waals surface area contributed by atoms with Gasteiger partial charge in [0.25, 0.3) is 0 Å². The van der Waals surface area contributed by atoms with Gasteiger partial charge in [0, 0.05) is 0 Å². The van der Waals surface area contributed by atoms with E-state index in [1.165, 1.54) is 0 Å². The van der Waals surface area contributed by atoms with E-state index < -0.39 is 0 Å². The van der Waals surface area contributed by atoms with Crippen LogP contribution in [0.15, 0.2) is 12.1 Å². The number of anilines is 1. The SMILES string of the molecule is Cc1nc(Cl)ccc1N. The van der Waals surface area contributed by atoms with Crippen molar-refractivity contribution >= 4 is 17.3 Å². The third kappa shape index (κ3) is 1.33. The van der Waals surface area contributed by atoms with E-state index in [0.717, 1.165) is 5.69 Å². The number of nitrogens with zero attached hydrogens (tertiary/aromatic N) is 1. The van der Waals surface area contributed by atoms with Gasteiger partial charge in [-0.05, 0) is 19.1 Å². The Hall–Kier alpha value is -0.760. The van der Waals surface area contributed by atoms with Crippen LogP contribution in [-0.4, -0.2) is 4.98 Å². The molecule has 48 valence electrons. The van der Waals surface area contributed by atoms with Crippen molar-refractivity contribution in [2.75, 3.05) is 5.73 Å². The van der Waals surface area contributed by atoms with Crippen molar-refractivity contribution in [3.8, 4) is 0 Å². The van der Waals surface area contributed by atoms with E-state index in [-0.39, 0.29) is 0 Å². The number of pyridine rings is 1. The number of nitrogen functional groups attached to an aromatic ring is 1. The van der Waals surface area contributed by atoms with Gasteiger partial charge < -0.3 is 5.73 Å². The van der Waals surface area contributed by atoms with Gasteiger partial charge in [-0.3, -0.25) is 0 Å². The van der Waals surface area contributed by atoms with Crippen molar-refractivity contribution < 1.29 is 0 Å². The summed E-state index contributed by atoms with van der Waals surface area (Å²) in [6, 6.07) is 3.41. The van der Waals surface area contributed by atoms with Gasteiger partial charge in [-0.25, -0.2) is 4.98 Å². The fraction of sp³-hybridized carbons (Fsp3) is 0.167. The highest BCUT2D eigenvalue weighted by Gasteiger charge is 1.92. The maximum absolute atomic E-state index is 5.55. The second kappa shape index (κ2) is 2.23. The van der Waals surface area contributed by atoms with Gasteiger partial charge >= 0.3 is 0 Å². The van der Waals surface area contributed by atoms with E-state index in [1.807, 2.05) is 6.92 Å². The fourth-order valence-electron chi connectivity index (χ4n) is 0.541. The summed E-state index contributed by atoms with van der Waals surface area (Å²) in [5.74, 6) is 0. The first kappa shape index (κ1) is 6.36. The molecule has 0 aliphatic heterocycles. The number of hydrogen-bond acceptors (Lipinski definition) is 2. The van der Waals surface area contributed by atoms with Gasteiger partial charge in [-0.2, -0.15) is 0 Å². The molecular weight excluding hydrogens is 136 g/mol. The molecule has 0 aliphatic rings. The molecule has 0 bridgehead atoms. The molecule has 0 radical (unpaired) electrons. The highest BCUT2D eigenvalue weighted by Crippen LogP contribution is 2.10. The van der Waals surface area contributed by atoms with E-state index in [0.29, 0.717) is 10.8 Å². The molecule has 0 spiro atoms. The molecule has 2 N–H and O–H groups in total. The lowest BCUT2D eigenvalue weighted by Crippen LogP contribution is -1.91. The largest absolute Gasteiger partial charge is 0.397 e. The second-order valence-corrected chi connectivity index (χ2v) is 2.20. The summed E-state index contributed by atoms with van der Waals surface area (Å²) < 4.78 is 0. The summed E-state index contributed by atoms with van der Waals surface area (Å²) in [6.45, 7) is 1.82. The fourth-order valence-corrected chi connectivity index (χ4v) is 0.731. The number of aryl methyl sites for hydroxylation is 1. The zero-order valence-corrected chi connectivity index (χ0v) is 5.81. The molecule has 0 fully saturated rings. The molecule has 1 aromatic heterocycles. The number of halogens is 1. The summed E-state index contributed by atoms with van der Waals surface area (Å²) in [5.41, 5.74) is 6.93.